The van der Waals surface area contributed by atoms with Gasteiger partial charge in [-0.3, -0.25) is 0 Å². The van der Waals surface area contributed by atoms with Gasteiger partial charge in [-0.2, -0.15) is 10.2 Å². The van der Waals surface area contributed by atoms with E-state index in [0.29, 0.717) is 24.5 Å². The van der Waals surface area contributed by atoms with E-state index < -0.39 is 0 Å². The van der Waals surface area contributed by atoms with E-state index >= 15 is 0 Å². The van der Waals surface area contributed by atoms with Crippen LogP contribution in [0.4, 0.5) is 17.1 Å². The SMILES string of the molecule is CCN(CCO)c1ccc(N=Nc2ccccc2)cc1O. The van der Waals surface area contributed by atoms with Gasteiger partial charge < -0.3 is 15.1 Å². The van der Waals surface area contributed by atoms with Crippen LogP contribution in [0.3, 0.4) is 0 Å². The lowest BCUT2D eigenvalue weighted by atomic mass is 10.2. The summed E-state index contributed by atoms with van der Waals surface area (Å²) < 4.78 is 0. The van der Waals surface area contributed by atoms with Crippen molar-refractivity contribution in [3.05, 3.63) is 48.5 Å². The van der Waals surface area contributed by atoms with Gasteiger partial charge in [0.1, 0.15) is 5.75 Å². The van der Waals surface area contributed by atoms with E-state index in [-0.39, 0.29) is 12.4 Å². The summed E-state index contributed by atoms with van der Waals surface area (Å²) in [6.07, 6.45) is 0. The maximum atomic E-state index is 10.1. The molecule has 2 rings (SSSR count). The van der Waals surface area contributed by atoms with Gasteiger partial charge in [-0.25, -0.2) is 0 Å². The molecular weight excluding hydrogens is 266 g/mol. The fourth-order valence-corrected chi connectivity index (χ4v) is 2.02. The minimum absolute atomic E-state index is 0.0444. The third-order valence-corrected chi connectivity index (χ3v) is 3.09. The first-order valence-corrected chi connectivity index (χ1v) is 6.90. The number of phenols is 1. The van der Waals surface area contributed by atoms with Crippen molar-refractivity contribution in [1.29, 1.82) is 0 Å². The quantitative estimate of drug-likeness (QED) is 0.796. The fourth-order valence-electron chi connectivity index (χ4n) is 2.02. The Bertz CT molecular complexity index is 600. The minimum Gasteiger partial charge on any atom is -0.506 e. The van der Waals surface area contributed by atoms with Gasteiger partial charge in [0, 0.05) is 19.2 Å². The van der Waals surface area contributed by atoms with Gasteiger partial charge in [-0.1, -0.05) is 18.2 Å². The first-order valence-electron chi connectivity index (χ1n) is 6.90. The van der Waals surface area contributed by atoms with Crippen LogP contribution >= 0.6 is 0 Å². The first-order chi connectivity index (χ1) is 10.2. The number of benzene rings is 2. The molecule has 21 heavy (non-hydrogen) atoms. The molecular formula is C16H19N3O2. The number of phenolic OH excluding ortho intramolecular Hbond substituents is 1. The monoisotopic (exact) mass is 285 g/mol. The highest BCUT2D eigenvalue weighted by Crippen LogP contribution is 2.31. The number of likely N-dealkylation sites (N-methyl/N-ethyl adjacent to an activating group) is 1. The maximum absolute atomic E-state index is 10.1. The van der Waals surface area contributed by atoms with Crippen molar-refractivity contribution < 1.29 is 10.2 Å². The van der Waals surface area contributed by atoms with Crippen LogP contribution in [-0.2, 0) is 0 Å². The summed E-state index contributed by atoms with van der Waals surface area (Å²) in [5.74, 6) is 0.134. The van der Waals surface area contributed by atoms with Crippen LogP contribution < -0.4 is 4.90 Å². The Morgan fingerprint density at radius 1 is 1.00 bits per heavy atom. The summed E-state index contributed by atoms with van der Waals surface area (Å²) in [7, 11) is 0. The molecule has 0 amide bonds. The first kappa shape index (κ1) is 15.0. The summed E-state index contributed by atoms with van der Waals surface area (Å²) in [6.45, 7) is 3.20. The minimum atomic E-state index is 0.0444. The lowest BCUT2D eigenvalue weighted by Gasteiger charge is -2.22. The normalized spacial score (nSPS) is 11.0. The Hall–Kier alpha value is -2.40. The second-order valence-corrected chi connectivity index (χ2v) is 4.51. The van der Waals surface area contributed by atoms with Gasteiger partial charge >= 0.3 is 0 Å². The molecule has 0 fully saturated rings. The molecule has 0 aromatic heterocycles. The van der Waals surface area contributed by atoms with Crippen molar-refractivity contribution in [2.75, 3.05) is 24.6 Å². The number of nitrogens with zero attached hydrogens (tertiary/aromatic N) is 3. The van der Waals surface area contributed by atoms with Crippen LogP contribution in [0.25, 0.3) is 0 Å². The molecule has 5 heteroatoms. The number of aliphatic hydroxyl groups excluding tert-OH is 1. The molecule has 0 heterocycles. The van der Waals surface area contributed by atoms with Crippen molar-refractivity contribution in [3.8, 4) is 5.75 Å². The summed E-state index contributed by atoms with van der Waals surface area (Å²) in [4.78, 5) is 1.90. The third kappa shape index (κ3) is 4.03. The highest BCUT2D eigenvalue weighted by molar-refractivity contribution is 5.63. The van der Waals surface area contributed by atoms with Gasteiger partial charge in [0.2, 0.25) is 0 Å². The number of anilines is 1. The molecule has 0 unspecified atom stereocenters. The molecule has 2 N–H and O–H groups in total. The van der Waals surface area contributed by atoms with Gasteiger partial charge in [0.15, 0.2) is 0 Å². The Labute approximate surface area is 124 Å². The molecule has 5 nitrogen and oxygen atoms in total. The molecule has 0 spiro atoms. The average molecular weight is 285 g/mol. The Morgan fingerprint density at radius 3 is 2.33 bits per heavy atom. The zero-order valence-corrected chi connectivity index (χ0v) is 12.0. The van der Waals surface area contributed by atoms with Crippen LogP contribution in [0.2, 0.25) is 0 Å². The largest absolute Gasteiger partial charge is 0.506 e. The predicted molar refractivity (Wildman–Crippen MR) is 83.7 cm³/mol. The van der Waals surface area contributed by atoms with Gasteiger partial charge in [0.05, 0.1) is 23.7 Å². The molecule has 2 aromatic carbocycles. The van der Waals surface area contributed by atoms with E-state index in [0.717, 1.165) is 5.69 Å². The number of hydrogen-bond donors (Lipinski definition) is 2. The molecule has 2 aromatic rings. The number of azo groups is 1. The van der Waals surface area contributed by atoms with Gasteiger partial charge in [-0.05, 0) is 31.2 Å². The van der Waals surface area contributed by atoms with E-state index in [1.165, 1.54) is 0 Å². The van der Waals surface area contributed by atoms with Crippen LogP contribution in [0, 0.1) is 0 Å². The third-order valence-electron chi connectivity index (χ3n) is 3.09. The van der Waals surface area contributed by atoms with E-state index in [9.17, 15) is 5.11 Å². The summed E-state index contributed by atoms with van der Waals surface area (Å²) >= 11 is 0. The smallest absolute Gasteiger partial charge is 0.141 e. The summed E-state index contributed by atoms with van der Waals surface area (Å²) in [5.41, 5.74) is 2.03. The van der Waals surface area contributed by atoms with E-state index in [1.807, 2.05) is 42.2 Å². The molecule has 0 aliphatic rings. The molecule has 0 atom stereocenters. The predicted octanol–water partition coefficient (Wildman–Crippen LogP) is 3.63. The number of aromatic hydroxyl groups is 1. The zero-order chi connectivity index (χ0) is 15.1. The fraction of sp³-hybridized carbons (Fsp3) is 0.250. The van der Waals surface area contributed by atoms with Gasteiger partial charge in [-0.15, -0.1) is 0 Å². The second kappa shape index (κ2) is 7.40. The molecule has 0 saturated heterocycles. The summed E-state index contributed by atoms with van der Waals surface area (Å²) in [6, 6.07) is 14.6. The Morgan fingerprint density at radius 2 is 1.71 bits per heavy atom. The van der Waals surface area contributed by atoms with Crippen molar-refractivity contribution in [2.45, 2.75) is 6.92 Å². The Balaban J connectivity index is 2.17. The number of aliphatic hydroxyl groups is 1. The van der Waals surface area contributed by atoms with Crippen LogP contribution in [0.5, 0.6) is 5.75 Å². The zero-order valence-electron chi connectivity index (χ0n) is 12.0. The average Bonchev–Trinajstić information content (AvgIpc) is 2.52. The second-order valence-electron chi connectivity index (χ2n) is 4.51. The molecule has 0 saturated carbocycles. The lowest BCUT2D eigenvalue weighted by molar-refractivity contribution is 0.302. The van der Waals surface area contributed by atoms with Crippen LogP contribution in [0.15, 0.2) is 58.8 Å². The van der Waals surface area contributed by atoms with Gasteiger partial charge in [0.25, 0.3) is 0 Å². The molecule has 0 radical (unpaired) electrons. The molecule has 0 aliphatic heterocycles. The highest BCUT2D eigenvalue weighted by atomic mass is 16.3. The van der Waals surface area contributed by atoms with E-state index in [4.69, 9.17) is 5.11 Å². The topological polar surface area (TPSA) is 68.4 Å². The standard InChI is InChI=1S/C16H19N3O2/c1-2-19(10-11-20)15-9-8-14(12-16(15)21)18-17-13-6-4-3-5-7-13/h3-9,12,20-21H,2,10-11H2,1H3. The Kier molecular flexibility index (Phi) is 5.29. The van der Waals surface area contributed by atoms with E-state index in [2.05, 4.69) is 10.2 Å². The molecule has 110 valence electrons. The summed E-state index contributed by atoms with van der Waals surface area (Å²) in [5, 5.41) is 27.3. The molecule has 0 bridgehead atoms. The maximum Gasteiger partial charge on any atom is 0.141 e. The highest BCUT2D eigenvalue weighted by Gasteiger charge is 2.09. The van der Waals surface area contributed by atoms with Crippen LogP contribution in [-0.4, -0.2) is 29.9 Å². The van der Waals surface area contributed by atoms with Crippen molar-refractivity contribution >= 4 is 17.1 Å². The van der Waals surface area contributed by atoms with Crippen LogP contribution in [0.1, 0.15) is 6.92 Å². The van der Waals surface area contributed by atoms with Crippen molar-refractivity contribution in [3.63, 3.8) is 0 Å². The number of hydrogen-bond acceptors (Lipinski definition) is 5. The van der Waals surface area contributed by atoms with Crippen molar-refractivity contribution in [2.24, 2.45) is 10.2 Å². The lowest BCUT2D eigenvalue weighted by Crippen LogP contribution is -2.26. The van der Waals surface area contributed by atoms with Crippen molar-refractivity contribution in [1.82, 2.24) is 0 Å². The molecule has 0 aliphatic carbocycles. The number of rotatable bonds is 6. The van der Waals surface area contributed by atoms with E-state index in [1.54, 1.807) is 18.2 Å².